The summed E-state index contributed by atoms with van der Waals surface area (Å²) in [5, 5.41) is 3.72. The number of nitrogens with zero attached hydrogens (tertiary/aromatic N) is 3. The van der Waals surface area contributed by atoms with Gasteiger partial charge in [-0.2, -0.15) is 5.10 Å². The van der Waals surface area contributed by atoms with E-state index in [9.17, 15) is 9.59 Å². The van der Waals surface area contributed by atoms with Crippen LogP contribution in [-0.4, -0.2) is 25.7 Å². The molecule has 0 saturated heterocycles. The van der Waals surface area contributed by atoms with Gasteiger partial charge in [-0.05, 0) is 0 Å². The maximum Gasteiger partial charge on any atom is 0.271 e. The van der Waals surface area contributed by atoms with Gasteiger partial charge in [0.15, 0.2) is 10.8 Å². The second-order valence-electron chi connectivity index (χ2n) is 2.91. The number of nitrogens with two attached hydrogens (primary N) is 1. The number of H-pyrrole nitrogens is 1. The van der Waals surface area contributed by atoms with Crippen molar-refractivity contribution in [3.8, 4) is 5.82 Å². The van der Waals surface area contributed by atoms with Gasteiger partial charge in [0.05, 0.1) is 18.1 Å². The van der Waals surface area contributed by atoms with Gasteiger partial charge in [0, 0.05) is 6.20 Å². The highest BCUT2D eigenvalue weighted by Crippen LogP contribution is 2.11. The summed E-state index contributed by atoms with van der Waals surface area (Å²) < 4.78 is 1.21. The molecule has 1 amide bonds. The average molecular weight is 240 g/mol. The quantitative estimate of drug-likeness (QED) is 0.751. The molecule has 0 aliphatic rings. The molecule has 82 valence electrons. The number of carbonyl (C=O) groups excluding carboxylic acids is 1. The van der Waals surface area contributed by atoms with Crippen molar-refractivity contribution in [1.82, 2.24) is 19.7 Å². The van der Waals surface area contributed by atoms with E-state index in [4.69, 9.17) is 17.3 Å². The standard InChI is InChI=1S/C8H6ClN5O2/c9-5-7(11-3-12-8(5)16)14-2-4(1-13-14)6(10)15/h1-3H,(H2,10,15)(H,11,12,16). The van der Waals surface area contributed by atoms with Gasteiger partial charge in [0.2, 0.25) is 0 Å². The molecular formula is C8H6ClN5O2. The van der Waals surface area contributed by atoms with Crippen LogP contribution in [0.4, 0.5) is 0 Å². The first kappa shape index (κ1) is 10.4. The number of carbonyl (C=O) groups is 1. The summed E-state index contributed by atoms with van der Waals surface area (Å²) in [4.78, 5) is 28.2. The number of nitrogens with one attached hydrogen (secondary N) is 1. The number of hydrogen-bond acceptors (Lipinski definition) is 4. The first-order valence-corrected chi connectivity index (χ1v) is 4.55. The van der Waals surface area contributed by atoms with Crippen molar-refractivity contribution in [3.63, 3.8) is 0 Å². The minimum absolute atomic E-state index is 0.110. The fourth-order valence-corrected chi connectivity index (χ4v) is 1.29. The molecule has 0 unspecified atom stereocenters. The summed E-state index contributed by atoms with van der Waals surface area (Å²) in [6.45, 7) is 0. The molecule has 7 nitrogen and oxygen atoms in total. The van der Waals surface area contributed by atoms with Gasteiger partial charge in [-0.25, -0.2) is 9.67 Å². The van der Waals surface area contributed by atoms with Crippen molar-refractivity contribution in [2.75, 3.05) is 0 Å². The Hall–Kier alpha value is -2.15. The molecule has 2 rings (SSSR count). The predicted octanol–water partition coefficient (Wildman–Crippen LogP) is -0.292. The minimum Gasteiger partial charge on any atom is -0.366 e. The van der Waals surface area contributed by atoms with E-state index in [0.717, 1.165) is 0 Å². The zero-order valence-electron chi connectivity index (χ0n) is 7.85. The van der Waals surface area contributed by atoms with E-state index in [1.807, 2.05) is 0 Å². The lowest BCUT2D eigenvalue weighted by atomic mass is 10.3. The van der Waals surface area contributed by atoms with Gasteiger partial charge < -0.3 is 10.7 Å². The van der Waals surface area contributed by atoms with Crippen LogP contribution in [0.3, 0.4) is 0 Å². The Morgan fingerprint density at radius 3 is 2.94 bits per heavy atom. The SMILES string of the molecule is NC(=O)c1cnn(-c2nc[nH]c(=O)c2Cl)c1. The average Bonchev–Trinajstić information content (AvgIpc) is 2.71. The van der Waals surface area contributed by atoms with Gasteiger partial charge in [-0.3, -0.25) is 9.59 Å². The van der Waals surface area contributed by atoms with E-state index < -0.39 is 11.5 Å². The molecule has 2 heterocycles. The van der Waals surface area contributed by atoms with Crippen LogP contribution in [0.15, 0.2) is 23.5 Å². The molecule has 0 aliphatic heterocycles. The monoisotopic (exact) mass is 239 g/mol. The van der Waals surface area contributed by atoms with Gasteiger partial charge >= 0.3 is 0 Å². The molecule has 0 fully saturated rings. The fourth-order valence-electron chi connectivity index (χ4n) is 1.10. The van der Waals surface area contributed by atoms with Gasteiger partial charge in [-0.15, -0.1) is 0 Å². The molecule has 0 radical (unpaired) electrons. The van der Waals surface area contributed by atoms with Crippen LogP contribution in [0.25, 0.3) is 5.82 Å². The topological polar surface area (TPSA) is 107 Å². The molecular weight excluding hydrogens is 234 g/mol. The predicted molar refractivity (Wildman–Crippen MR) is 55.5 cm³/mol. The van der Waals surface area contributed by atoms with E-state index in [-0.39, 0.29) is 16.4 Å². The van der Waals surface area contributed by atoms with Gasteiger partial charge in [-0.1, -0.05) is 11.6 Å². The summed E-state index contributed by atoms with van der Waals surface area (Å²) in [5.41, 5.74) is 4.78. The molecule has 0 saturated carbocycles. The highest BCUT2D eigenvalue weighted by Gasteiger charge is 2.11. The van der Waals surface area contributed by atoms with E-state index >= 15 is 0 Å². The fraction of sp³-hybridized carbons (Fsp3) is 0. The lowest BCUT2D eigenvalue weighted by molar-refractivity contribution is 0.100. The van der Waals surface area contributed by atoms with E-state index in [0.29, 0.717) is 0 Å². The number of aromatic amines is 1. The van der Waals surface area contributed by atoms with Crippen molar-refractivity contribution in [3.05, 3.63) is 39.7 Å². The zero-order chi connectivity index (χ0) is 11.7. The Labute approximate surface area is 93.9 Å². The largest absolute Gasteiger partial charge is 0.366 e. The van der Waals surface area contributed by atoms with Crippen LogP contribution in [0.2, 0.25) is 5.02 Å². The van der Waals surface area contributed by atoms with Crippen molar-refractivity contribution < 1.29 is 4.79 Å². The van der Waals surface area contributed by atoms with Crippen molar-refractivity contribution in [2.45, 2.75) is 0 Å². The highest BCUT2D eigenvalue weighted by molar-refractivity contribution is 6.31. The van der Waals surface area contributed by atoms with Crippen LogP contribution in [0.5, 0.6) is 0 Å². The molecule has 0 atom stereocenters. The van der Waals surface area contributed by atoms with E-state index in [1.54, 1.807) is 0 Å². The number of primary amides is 1. The minimum atomic E-state index is -0.618. The van der Waals surface area contributed by atoms with Crippen LogP contribution in [0, 0.1) is 0 Å². The third-order valence-electron chi connectivity index (χ3n) is 1.86. The van der Waals surface area contributed by atoms with Crippen LogP contribution >= 0.6 is 11.6 Å². The van der Waals surface area contributed by atoms with Gasteiger partial charge in [0.25, 0.3) is 11.5 Å². The third-order valence-corrected chi connectivity index (χ3v) is 2.20. The molecule has 2 aromatic heterocycles. The Balaban J connectivity index is 2.55. The number of halogens is 1. The van der Waals surface area contributed by atoms with E-state index in [1.165, 1.54) is 23.4 Å². The second-order valence-corrected chi connectivity index (χ2v) is 3.29. The summed E-state index contributed by atoms with van der Waals surface area (Å²) in [7, 11) is 0. The molecule has 8 heteroatoms. The molecule has 2 aromatic rings. The Bertz CT molecular complexity index is 602. The third kappa shape index (κ3) is 1.68. The Kier molecular flexibility index (Phi) is 2.45. The second kappa shape index (κ2) is 3.78. The number of amides is 1. The van der Waals surface area contributed by atoms with Crippen molar-refractivity contribution in [1.29, 1.82) is 0 Å². The lowest BCUT2D eigenvalue weighted by Crippen LogP contribution is -2.12. The molecule has 3 N–H and O–H groups in total. The molecule has 0 spiro atoms. The first-order chi connectivity index (χ1) is 7.59. The van der Waals surface area contributed by atoms with E-state index in [2.05, 4.69) is 15.1 Å². The van der Waals surface area contributed by atoms with Crippen LogP contribution in [0.1, 0.15) is 10.4 Å². The number of rotatable bonds is 2. The maximum atomic E-state index is 11.2. The number of hydrogen-bond donors (Lipinski definition) is 2. The summed E-state index contributed by atoms with van der Waals surface area (Å²) in [5.74, 6) is -0.481. The first-order valence-electron chi connectivity index (χ1n) is 4.17. The normalized spacial score (nSPS) is 10.3. The summed E-state index contributed by atoms with van der Waals surface area (Å²) >= 11 is 5.73. The maximum absolute atomic E-state index is 11.2. The molecule has 0 bridgehead atoms. The van der Waals surface area contributed by atoms with Crippen LogP contribution in [-0.2, 0) is 0 Å². The smallest absolute Gasteiger partial charge is 0.271 e. The van der Waals surface area contributed by atoms with Crippen molar-refractivity contribution >= 4 is 17.5 Å². The molecule has 16 heavy (non-hydrogen) atoms. The zero-order valence-corrected chi connectivity index (χ0v) is 8.60. The molecule has 0 aliphatic carbocycles. The summed E-state index contributed by atoms with van der Waals surface area (Å²) in [6, 6.07) is 0. The molecule has 0 aromatic carbocycles. The van der Waals surface area contributed by atoms with Gasteiger partial charge in [0.1, 0.15) is 0 Å². The highest BCUT2D eigenvalue weighted by atomic mass is 35.5. The Morgan fingerprint density at radius 1 is 1.56 bits per heavy atom. The number of aromatic nitrogens is 4. The summed E-state index contributed by atoms with van der Waals surface area (Å²) in [6.07, 6.45) is 3.80. The lowest BCUT2D eigenvalue weighted by Gasteiger charge is -2.00. The van der Waals surface area contributed by atoms with Crippen LogP contribution < -0.4 is 11.3 Å². The Morgan fingerprint density at radius 2 is 2.31 bits per heavy atom. The van der Waals surface area contributed by atoms with Crippen molar-refractivity contribution in [2.24, 2.45) is 5.73 Å².